The number of aromatic nitrogens is 1. The van der Waals surface area contributed by atoms with E-state index in [1.54, 1.807) is 6.92 Å². The van der Waals surface area contributed by atoms with Gasteiger partial charge in [-0.25, -0.2) is 4.79 Å². The molecule has 0 saturated heterocycles. The van der Waals surface area contributed by atoms with Crippen molar-refractivity contribution in [2.24, 2.45) is 0 Å². The molecule has 0 fully saturated rings. The standard InChI is InChI=1S/C22H23N3O3/c1-22(25-21(27)28,12-16-13-23-19-9-5-4-8-18(16)19)20(26)24-17-10-14-6-2-3-7-15(14)11-17/h2-9,13,17,23,25H,10-12H2,1H3,(H,24,26)(H,27,28). The number of hydrogen-bond acceptors (Lipinski definition) is 2. The van der Waals surface area contributed by atoms with Gasteiger partial charge in [-0.15, -0.1) is 0 Å². The van der Waals surface area contributed by atoms with E-state index >= 15 is 0 Å². The Kier molecular flexibility index (Phi) is 4.55. The molecule has 3 aromatic rings. The quantitative estimate of drug-likeness (QED) is 0.550. The number of carbonyl (C=O) groups excluding carboxylic acids is 1. The van der Waals surface area contributed by atoms with E-state index in [0.717, 1.165) is 29.3 Å². The molecule has 6 nitrogen and oxygen atoms in total. The summed E-state index contributed by atoms with van der Waals surface area (Å²) in [6.07, 6.45) is 2.41. The van der Waals surface area contributed by atoms with E-state index in [1.165, 1.54) is 11.1 Å². The number of aromatic amines is 1. The first-order valence-corrected chi connectivity index (χ1v) is 9.38. The van der Waals surface area contributed by atoms with Crippen LogP contribution in [0.3, 0.4) is 0 Å². The lowest BCUT2D eigenvalue weighted by molar-refractivity contribution is -0.127. The molecule has 0 bridgehead atoms. The Morgan fingerprint density at radius 3 is 2.43 bits per heavy atom. The van der Waals surface area contributed by atoms with Crippen molar-refractivity contribution in [3.05, 3.63) is 71.4 Å². The lowest BCUT2D eigenvalue weighted by Gasteiger charge is -2.29. The Morgan fingerprint density at radius 2 is 1.75 bits per heavy atom. The van der Waals surface area contributed by atoms with E-state index in [9.17, 15) is 14.7 Å². The van der Waals surface area contributed by atoms with E-state index in [4.69, 9.17) is 0 Å². The van der Waals surface area contributed by atoms with Crippen LogP contribution in [0.2, 0.25) is 0 Å². The highest BCUT2D eigenvalue weighted by Gasteiger charge is 2.37. The molecule has 2 amide bonds. The second kappa shape index (κ2) is 7.03. The van der Waals surface area contributed by atoms with Gasteiger partial charge < -0.3 is 20.7 Å². The smallest absolute Gasteiger partial charge is 0.405 e. The highest BCUT2D eigenvalue weighted by atomic mass is 16.4. The average molecular weight is 377 g/mol. The molecule has 1 aliphatic carbocycles. The van der Waals surface area contributed by atoms with Crippen LogP contribution in [0, 0.1) is 0 Å². The summed E-state index contributed by atoms with van der Waals surface area (Å²) in [7, 11) is 0. The van der Waals surface area contributed by atoms with Crippen LogP contribution in [0.1, 0.15) is 23.6 Å². The van der Waals surface area contributed by atoms with Gasteiger partial charge in [-0.2, -0.15) is 0 Å². The zero-order chi connectivity index (χ0) is 19.7. The number of rotatable bonds is 5. The lowest BCUT2D eigenvalue weighted by Crippen LogP contribution is -2.59. The van der Waals surface area contributed by atoms with E-state index in [2.05, 4.69) is 27.8 Å². The van der Waals surface area contributed by atoms with Gasteiger partial charge in [0.2, 0.25) is 5.91 Å². The number of carboxylic acid groups (broad SMARTS) is 1. The van der Waals surface area contributed by atoms with Crippen LogP contribution < -0.4 is 10.6 Å². The molecule has 0 radical (unpaired) electrons. The molecule has 28 heavy (non-hydrogen) atoms. The number of nitrogens with one attached hydrogen (secondary N) is 3. The van der Waals surface area contributed by atoms with Crippen molar-refractivity contribution in [1.82, 2.24) is 15.6 Å². The number of H-pyrrole nitrogens is 1. The molecule has 0 saturated carbocycles. The van der Waals surface area contributed by atoms with Gasteiger partial charge in [0, 0.05) is 29.6 Å². The number of benzene rings is 2. The maximum atomic E-state index is 13.1. The van der Waals surface area contributed by atoms with Crippen LogP contribution in [-0.2, 0) is 24.1 Å². The largest absolute Gasteiger partial charge is 0.465 e. The maximum absolute atomic E-state index is 13.1. The zero-order valence-corrected chi connectivity index (χ0v) is 15.7. The van der Waals surface area contributed by atoms with Crippen molar-refractivity contribution in [2.75, 3.05) is 0 Å². The van der Waals surface area contributed by atoms with Crippen LogP contribution in [0.15, 0.2) is 54.7 Å². The Hall–Kier alpha value is -3.28. The molecule has 1 aliphatic rings. The summed E-state index contributed by atoms with van der Waals surface area (Å²) in [5.74, 6) is -0.307. The fraction of sp³-hybridized carbons (Fsp3) is 0.273. The second-order valence-electron chi connectivity index (χ2n) is 7.65. The Bertz CT molecular complexity index is 1020. The Balaban J connectivity index is 1.55. The van der Waals surface area contributed by atoms with Crippen LogP contribution in [0.25, 0.3) is 10.9 Å². The number of para-hydroxylation sites is 1. The molecule has 2 aromatic carbocycles. The van der Waals surface area contributed by atoms with Gasteiger partial charge in [0.15, 0.2) is 0 Å². The molecule has 1 heterocycles. The summed E-state index contributed by atoms with van der Waals surface area (Å²) < 4.78 is 0. The SMILES string of the molecule is CC(Cc1c[nH]c2ccccc12)(NC(=O)O)C(=O)NC1Cc2ccccc2C1. The minimum atomic E-state index is -1.27. The fourth-order valence-electron chi connectivity index (χ4n) is 4.08. The van der Waals surface area contributed by atoms with Gasteiger partial charge >= 0.3 is 6.09 Å². The molecular weight excluding hydrogens is 354 g/mol. The van der Waals surface area contributed by atoms with Crippen molar-refractivity contribution in [1.29, 1.82) is 0 Å². The summed E-state index contributed by atoms with van der Waals surface area (Å²) >= 11 is 0. The minimum Gasteiger partial charge on any atom is -0.465 e. The molecular formula is C22H23N3O3. The average Bonchev–Trinajstić information content (AvgIpc) is 3.24. The van der Waals surface area contributed by atoms with Crippen LogP contribution in [0.5, 0.6) is 0 Å². The van der Waals surface area contributed by atoms with Crippen molar-refractivity contribution >= 4 is 22.9 Å². The first kappa shape index (κ1) is 18.1. The number of amides is 2. The first-order valence-electron chi connectivity index (χ1n) is 9.38. The third-order valence-electron chi connectivity index (χ3n) is 5.49. The van der Waals surface area contributed by atoms with Gasteiger partial charge in [0.1, 0.15) is 5.54 Å². The topological polar surface area (TPSA) is 94.2 Å². The number of hydrogen-bond donors (Lipinski definition) is 4. The maximum Gasteiger partial charge on any atom is 0.405 e. The third-order valence-corrected chi connectivity index (χ3v) is 5.49. The normalized spacial score (nSPS) is 15.8. The highest BCUT2D eigenvalue weighted by molar-refractivity contribution is 5.91. The molecule has 1 aromatic heterocycles. The molecule has 0 aliphatic heterocycles. The fourth-order valence-corrected chi connectivity index (χ4v) is 4.08. The Morgan fingerprint density at radius 1 is 1.11 bits per heavy atom. The highest BCUT2D eigenvalue weighted by Crippen LogP contribution is 2.25. The van der Waals surface area contributed by atoms with Crippen LogP contribution in [-0.4, -0.2) is 33.7 Å². The monoisotopic (exact) mass is 377 g/mol. The van der Waals surface area contributed by atoms with E-state index in [-0.39, 0.29) is 18.4 Å². The summed E-state index contributed by atoms with van der Waals surface area (Å²) in [4.78, 5) is 27.7. The first-order chi connectivity index (χ1) is 13.4. The van der Waals surface area contributed by atoms with Gasteiger partial charge in [-0.05, 0) is 42.5 Å². The third kappa shape index (κ3) is 3.45. The number of fused-ring (bicyclic) bond motifs is 2. The molecule has 4 rings (SSSR count). The van der Waals surface area contributed by atoms with Crippen molar-refractivity contribution in [2.45, 2.75) is 37.8 Å². The van der Waals surface area contributed by atoms with Crippen molar-refractivity contribution < 1.29 is 14.7 Å². The van der Waals surface area contributed by atoms with Crippen LogP contribution in [0.4, 0.5) is 4.79 Å². The minimum absolute atomic E-state index is 0.0252. The zero-order valence-electron chi connectivity index (χ0n) is 15.7. The summed E-state index contributed by atoms with van der Waals surface area (Å²) in [6.45, 7) is 1.64. The molecule has 1 unspecified atom stereocenters. The Labute approximate surface area is 163 Å². The molecule has 0 spiro atoms. The van der Waals surface area contributed by atoms with Gasteiger partial charge in [-0.1, -0.05) is 42.5 Å². The number of carbonyl (C=O) groups is 2. The predicted molar refractivity (Wildman–Crippen MR) is 107 cm³/mol. The van der Waals surface area contributed by atoms with E-state index in [1.807, 2.05) is 42.6 Å². The van der Waals surface area contributed by atoms with Crippen molar-refractivity contribution in [3.8, 4) is 0 Å². The van der Waals surface area contributed by atoms with Gasteiger partial charge in [0.05, 0.1) is 0 Å². The molecule has 144 valence electrons. The predicted octanol–water partition coefficient (Wildman–Crippen LogP) is 3.02. The lowest BCUT2D eigenvalue weighted by atomic mass is 9.91. The molecule has 1 atom stereocenters. The summed E-state index contributed by atoms with van der Waals surface area (Å²) in [6, 6.07) is 15.9. The van der Waals surface area contributed by atoms with Gasteiger partial charge in [-0.3, -0.25) is 4.79 Å². The van der Waals surface area contributed by atoms with Crippen molar-refractivity contribution in [3.63, 3.8) is 0 Å². The molecule has 6 heteroatoms. The van der Waals surface area contributed by atoms with E-state index in [0.29, 0.717) is 0 Å². The van der Waals surface area contributed by atoms with Crippen LogP contribution >= 0.6 is 0 Å². The molecule has 4 N–H and O–H groups in total. The summed E-state index contributed by atoms with van der Waals surface area (Å²) in [5, 5.41) is 15.8. The van der Waals surface area contributed by atoms with Gasteiger partial charge in [0.25, 0.3) is 0 Å². The van der Waals surface area contributed by atoms with E-state index < -0.39 is 11.6 Å². The summed E-state index contributed by atoms with van der Waals surface area (Å²) in [5.41, 5.74) is 3.05. The second-order valence-corrected chi connectivity index (χ2v) is 7.65.